The van der Waals surface area contributed by atoms with Gasteiger partial charge < -0.3 is 9.64 Å². The fourth-order valence-electron chi connectivity index (χ4n) is 2.51. The summed E-state index contributed by atoms with van der Waals surface area (Å²) in [7, 11) is 1.99. The average Bonchev–Trinajstić information content (AvgIpc) is 2.46. The van der Waals surface area contributed by atoms with Crippen LogP contribution in [0.5, 0.6) is 11.6 Å². The quantitative estimate of drug-likeness (QED) is 0.720. The van der Waals surface area contributed by atoms with E-state index in [1.807, 2.05) is 42.3 Å². The van der Waals surface area contributed by atoms with E-state index < -0.39 is 0 Å². The van der Waals surface area contributed by atoms with Gasteiger partial charge in [0.1, 0.15) is 0 Å². The van der Waals surface area contributed by atoms with E-state index in [1.54, 1.807) is 0 Å². The Labute approximate surface area is 111 Å². The number of aryl methyl sites for hydroxylation is 1. The highest BCUT2D eigenvalue weighted by Crippen LogP contribution is 2.43. The molecule has 0 fully saturated rings. The van der Waals surface area contributed by atoms with Crippen LogP contribution < -0.4 is 9.64 Å². The summed E-state index contributed by atoms with van der Waals surface area (Å²) in [5, 5.41) is 0. The first-order chi connectivity index (χ1) is 9.33. The molecule has 0 spiro atoms. The van der Waals surface area contributed by atoms with Crippen LogP contribution in [0.4, 0.5) is 11.5 Å². The van der Waals surface area contributed by atoms with Gasteiger partial charge in [-0.15, -0.1) is 0 Å². The highest BCUT2D eigenvalue weighted by Gasteiger charge is 2.25. The van der Waals surface area contributed by atoms with Crippen molar-refractivity contribution < 1.29 is 4.74 Å². The van der Waals surface area contributed by atoms with Crippen molar-refractivity contribution in [3.63, 3.8) is 0 Å². The van der Waals surface area contributed by atoms with Crippen molar-refractivity contribution in [1.82, 2.24) is 9.97 Å². The van der Waals surface area contributed by atoms with E-state index in [9.17, 15) is 0 Å². The maximum absolute atomic E-state index is 5.87. The number of para-hydroxylation sites is 2. The van der Waals surface area contributed by atoms with Crippen molar-refractivity contribution in [2.45, 2.75) is 12.8 Å². The van der Waals surface area contributed by atoms with Crippen LogP contribution in [0.2, 0.25) is 0 Å². The van der Waals surface area contributed by atoms with Crippen LogP contribution in [0, 0.1) is 0 Å². The number of anilines is 2. The van der Waals surface area contributed by atoms with E-state index in [4.69, 9.17) is 4.74 Å². The lowest BCUT2D eigenvalue weighted by Crippen LogP contribution is -2.19. The third kappa shape index (κ3) is 1.53. The monoisotopic (exact) mass is 251 g/mol. The zero-order valence-corrected chi connectivity index (χ0v) is 10.6. The lowest BCUT2D eigenvalue weighted by Gasteiger charge is -2.28. The molecule has 1 aromatic carbocycles. The molecular formula is C15H13N3O. The molecule has 2 aliphatic rings. The summed E-state index contributed by atoms with van der Waals surface area (Å²) in [6.07, 6.45) is 6.13. The maximum atomic E-state index is 5.87. The first-order valence-electron chi connectivity index (χ1n) is 6.41. The summed E-state index contributed by atoms with van der Waals surface area (Å²) in [5.74, 6) is 2.22. The van der Waals surface area contributed by atoms with Gasteiger partial charge in [0.2, 0.25) is 0 Å². The Kier molecular flexibility index (Phi) is 2.12. The van der Waals surface area contributed by atoms with Gasteiger partial charge in [0, 0.05) is 7.05 Å². The molecule has 4 nitrogen and oxygen atoms in total. The van der Waals surface area contributed by atoms with Crippen molar-refractivity contribution >= 4 is 17.6 Å². The van der Waals surface area contributed by atoms with Crippen LogP contribution in [0.1, 0.15) is 17.8 Å². The molecule has 1 aliphatic carbocycles. The largest absolute Gasteiger partial charge is 0.434 e. The lowest BCUT2D eigenvalue weighted by atomic mass is 10.1. The molecule has 19 heavy (non-hydrogen) atoms. The topological polar surface area (TPSA) is 38.2 Å². The molecule has 0 saturated carbocycles. The molecule has 94 valence electrons. The second kappa shape index (κ2) is 3.82. The molecule has 4 rings (SSSR count). The molecule has 0 unspecified atom stereocenters. The second-order valence-corrected chi connectivity index (χ2v) is 4.75. The zero-order chi connectivity index (χ0) is 12.8. The van der Waals surface area contributed by atoms with Gasteiger partial charge in [0.05, 0.1) is 17.1 Å². The summed E-state index contributed by atoms with van der Waals surface area (Å²) < 4.78 is 5.87. The molecule has 0 N–H and O–H groups in total. The molecule has 2 aromatic rings. The summed E-state index contributed by atoms with van der Waals surface area (Å²) in [6, 6.07) is 7.94. The third-order valence-electron chi connectivity index (χ3n) is 3.52. The van der Waals surface area contributed by atoms with Gasteiger partial charge >= 0.3 is 0 Å². The fourth-order valence-corrected chi connectivity index (χ4v) is 2.51. The molecule has 0 amide bonds. The lowest BCUT2D eigenvalue weighted by molar-refractivity contribution is 0.450. The van der Waals surface area contributed by atoms with Crippen LogP contribution in [-0.2, 0) is 6.42 Å². The van der Waals surface area contributed by atoms with Gasteiger partial charge in [-0.2, -0.15) is 0 Å². The number of nitrogens with zero attached hydrogens (tertiary/aromatic N) is 3. The van der Waals surface area contributed by atoms with Gasteiger partial charge in [-0.05, 0) is 31.1 Å². The number of hydrogen-bond acceptors (Lipinski definition) is 4. The minimum absolute atomic E-state index is 0.607. The SMILES string of the molecule is CN1c2ccccc2Oc2nc3c(nc21)C=CCC3. The average molecular weight is 251 g/mol. The fraction of sp³-hybridized carbons (Fsp3) is 0.200. The number of aromatic nitrogens is 2. The maximum Gasteiger partial charge on any atom is 0.263 e. The van der Waals surface area contributed by atoms with Crippen LogP contribution >= 0.6 is 0 Å². The van der Waals surface area contributed by atoms with Gasteiger partial charge in [-0.1, -0.05) is 18.2 Å². The molecule has 0 saturated heterocycles. The van der Waals surface area contributed by atoms with Crippen LogP contribution in [0.15, 0.2) is 30.3 Å². The number of allylic oxidation sites excluding steroid dienone is 1. The van der Waals surface area contributed by atoms with Crippen LogP contribution in [0.3, 0.4) is 0 Å². The third-order valence-corrected chi connectivity index (χ3v) is 3.52. The Morgan fingerprint density at radius 1 is 1.21 bits per heavy atom. The molecule has 0 atom stereocenters. The highest BCUT2D eigenvalue weighted by atomic mass is 16.5. The van der Waals surface area contributed by atoms with Crippen molar-refractivity contribution in [3.8, 4) is 11.6 Å². The molecule has 4 heteroatoms. The van der Waals surface area contributed by atoms with E-state index >= 15 is 0 Å². The minimum atomic E-state index is 0.607. The molecule has 1 aliphatic heterocycles. The van der Waals surface area contributed by atoms with E-state index in [2.05, 4.69) is 16.0 Å². The molecule has 2 heterocycles. The first kappa shape index (κ1) is 10.6. The number of fused-ring (bicyclic) bond motifs is 3. The predicted octanol–water partition coefficient (Wildman–Crippen LogP) is 3.31. The summed E-state index contributed by atoms with van der Waals surface area (Å²) in [5.41, 5.74) is 3.00. The van der Waals surface area contributed by atoms with Crippen molar-refractivity contribution in [1.29, 1.82) is 0 Å². The van der Waals surface area contributed by atoms with Gasteiger partial charge in [-0.25, -0.2) is 9.97 Å². The van der Waals surface area contributed by atoms with Crippen LogP contribution in [0.25, 0.3) is 6.08 Å². The molecule has 0 radical (unpaired) electrons. The Bertz CT molecular complexity index is 694. The molecule has 0 bridgehead atoms. The van der Waals surface area contributed by atoms with Crippen molar-refractivity contribution in [2.75, 3.05) is 11.9 Å². The Balaban J connectivity index is 1.90. The summed E-state index contributed by atoms with van der Waals surface area (Å²) in [6.45, 7) is 0. The zero-order valence-electron chi connectivity index (χ0n) is 10.6. The van der Waals surface area contributed by atoms with E-state index in [-0.39, 0.29) is 0 Å². The van der Waals surface area contributed by atoms with Gasteiger partial charge in [0.15, 0.2) is 11.6 Å². The summed E-state index contributed by atoms with van der Waals surface area (Å²) in [4.78, 5) is 11.3. The normalized spacial score (nSPS) is 15.3. The number of benzene rings is 1. The minimum Gasteiger partial charge on any atom is -0.434 e. The van der Waals surface area contributed by atoms with E-state index in [1.165, 1.54) is 0 Å². The van der Waals surface area contributed by atoms with Crippen molar-refractivity contribution in [2.24, 2.45) is 0 Å². The second-order valence-electron chi connectivity index (χ2n) is 4.75. The standard InChI is InChI=1S/C15H13N3O/c1-18-12-8-4-5-9-13(12)19-15-14(18)16-10-6-2-3-7-11(10)17-15/h2,4-6,8-9H,3,7H2,1H3. The number of hydrogen-bond donors (Lipinski definition) is 0. The summed E-state index contributed by atoms with van der Waals surface area (Å²) >= 11 is 0. The van der Waals surface area contributed by atoms with Crippen LogP contribution in [-0.4, -0.2) is 17.0 Å². The smallest absolute Gasteiger partial charge is 0.263 e. The molecular weight excluding hydrogens is 238 g/mol. The Hall–Kier alpha value is -2.36. The molecule has 1 aromatic heterocycles. The number of ether oxygens (including phenoxy) is 1. The predicted molar refractivity (Wildman–Crippen MR) is 74.0 cm³/mol. The van der Waals surface area contributed by atoms with Gasteiger partial charge in [-0.3, -0.25) is 0 Å². The van der Waals surface area contributed by atoms with E-state index in [0.29, 0.717) is 5.88 Å². The first-order valence-corrected chi connectivity index (χ1v) is 6.41. The van der Waals surface area contributed by atoms with Crippen molar-refractivity contribution in [3.05, 3.63) is 41.7 Å². The Morgan fingerprint density at radius 2 is 2.11 bits per heavy atom. The Morgan fingerprint density at radius 3 is 3.05 bits per heavy atom. The van der Waals surface area contributed by atoms with E-state index in [0.717, 1.165) is 41.5 Å². The number of rotatable bonds is 0. The highest BCUT2D eigenvalue weighted by molar-refractivity contribution is 5.74. The van der Waals surface area contributed by atoms with Gasteiger partial charge in [0.25, 0.3) is 5.88 Å².